The summed E-state index contributed by atoms with van der Waals surface area (Å²) in [6, 6.07) is 9.47. The van der Waals surface area contributed by atoms with Crippen LogP contribution in [-0.4, -0.2) is 20.7 Å². The number of rotatable bonds is 4. The van der Waals surface area contributed by atoms with Gasteiger partial charge in [0.05, 0.1) is 0 Å². The fourth-order valence-electron chi connectivity index (χ4n) is 1.20. The molecule has 0 bridgehead atoms. The van der Waals surface area contributed by atoms with Crippen molar-refractivity contribution in [1.82, 2.24) is 0 Å². The number of hydrogen-bond donors (Lipinski definition) is 1. The van der Waals surface area contributed by atoms with Crippen LogP contribution in [-0.2, 0) is 16.3 Å². The van der Waals surface area contributed by atoms with E-state index < -0.39 is 9.84 Å². The SMILES string of the molecule is CS(=O)(=O)/C=C/C(N)Cc1ccccc1. The smallest absolute Gasteiger partial charge is 0.168 e. The Morgan fingerprint density at radius 2 is 1.93 bits per heavy atom. The second-order valence-corrected chi connectivity index (χ2v) is 5.44. The van der Waals surface area contributed by atoms with Gasteiger partial charge in [0, 0.05) is 17.7 Å². The summed E-state index contributed by atoms with van der Waals surface area (Å²) in [6.45, 7) is 0. The summed E-state index contributed by atoms with van der Waals surface area (Å²) in [7, 11) is -3.07. The molecular weight excluding hydrogens is 210 g/mol. The van der Waals surface area contributed by atoms with Crippen LogP contribution < -0.4 is 5.73 Å². The lowest BCUT2D eigenvalue weighted by atomic mass is 10.1. The highest BCUT2D eigenvalue weighted by atomic mass is 32.2. The van der Waals surface area contributed by atoms with Gasteiger partial charge in [-0.2, -0.15) is 0 Å². The van der Waals surface area contributed by atoms with Crippen LogP contribution in [0.15, 0.2) is 41.8 Å². The summed E-state index contributed by atoms with van der Waals surface area (Å²) in [6.07, 6.45) is 3.31. The summed E-state index contributed by atoms with van der Waals surface area (Å²) in [4.78, 5) is 0. The number of benzene rings is 1. The molecule has 0 aliphatic heterocycles. The molecule has 15 heavy (non-hydrogen) atoms. The maximum atomic E-state index is 10.8. The molecule has 4 heteroatoms. The molecule has 0 amide bonds. The first-order valence-corrected chi connectivity index (χ1v) is 6.60. The molecule has 82 valence electrons. The third kappa shape index (κ3) is 5.34. The molecule has 2 N–H and O–H groups in total. The van der Waals surface area contributed by atoms with Crippen LogP contribution in [0.1, 0.15) is 5.56 Å². The highest BCUT2D eigenvalue weighted by Gasteiger charge is 2.01. The van der Waals surface area contributed by atoms with Gasteiger partial charge in [0.15, 0.2) is 9.84 Å². The van der Waals surface area contributed by atoms with Gasteiger partial charge in [-0.15, -0.1) is 0 Å². The van der Waals surface area contributed by atoms with E-state index in [-0.39, 0.29) is 6.04 Å². The van der Waals surface area contributed by atoms with Gasteiger partial charge in [-0.3, -0.25) is 0 Å². The Bertz CT molecular complexity index is 423. The van der Waals surface area contributed by atoms with Crippen molar-refractivity contribution in [3.63, 3.8) is 0 Å². The first-order chi connectivity index (χ1) is 6.97. The average molecular weight is 225 g/mol. The zero-order chi connectivity index (χ0) is 11.3. The van der Waals surface area contributed by atoms with Crippen molar-refractivity contribution in [3.8, 4) is 0 Å². The van der Waals surface area contributed by atoms with E-state index in [1.807, 2.05) is 30.3 Å². The molecule has 0 saturated carbocycles. The minimum atomic E-state index is -3.07. The van der Waals surface area contributed by atoms with Gasteiger partial charge in [0.1, 0.15) is 0 Å². The predicted octanol–water partition coefficient (Wildman–Crippen LogP) is 1.11. The van der Waals surface area contributed by atoms with Gasteiger partial charge in [0.2, 0.25) is 0 Å². The van der Waals surface area contributed by atoms with Crippen LogP contribution in [0.2, 0.25) is 0 Å². The summed E-state index contributed by atoms with van der Waals surface area (Å²) in [5.41, 5.74) is 6.86. The third-order valence-corrected chi connectivity index (χ3v) is 2.54. The minimum Gasteiger partial charge on any atom is -0.324 e. The lowest BCUT2D eigenvalue weighted by Gasteiger charge is -2.05. The fraction of sp³-hybridized carbons (Fsp3) is 0.273. The Balaban J connectivity index is 2.58. The Morgan fingerprint density at radius 1 is 1.33 bits per heavy atom. The largest absolute Gasteiger partial charge is 0.324 e. The third-order valence-electron chi connectivity index (χ3n) is 1.89. The van der Waals surface area contributed by atoms with Crippen molar-refractivity contribution in [1.29, 1.82) is 0 Å². The average Bonchev–Trinajstić information content (AvgIpc) is 2.15. The molecule has 0 aromatic heterocycles. The fourth-order valence-corrected chi connectivity index (χ4v) is 1.69. The van der Waals surface area contributed by atoms with E-state index in [4.69, 9.17) is 5.73 Å². The van der Waals surface area contributed by atoms with Gasteiger partial charge < -0.3 is 5.73 Å². The Kier molecular flexibility index (Phi) is 4.05. The van der Waals surface area contributed by atoms with Crippen molar-refractivity contribution >= 4 is 9.84 Å². The molecule has 0 aliphatic carbocycles. The highest BCUT2D eigenvalue weighted by molar-refractivity contribution is 7.93. The summed E-state index contributed by atoms with van der Waals surface area (Å²) in [5.74, 6) is 0. The van der Waals surface area contributed by atoms with Crippen LogP contribution >= 0.6 is 0 Å². The van der Waals surface area contributed by atoms with E-state index in [1.54, 1.807) is 0 Å². The van der Waals surface area contributed by atoms with Crippen LogP contribution in [0.3, 0.4) is 0 Å². The predicted molar refractivity (Wildman–Crippen MR) is 62.1 cm³/mol. The van der Waals surface area contributed by atoms with Crippen molar-refractivity contribution < 1.29 is 8.42 Å². The van der Waals surface area contributed by atoms with Crippen LogP contribution in [0.25, 0.3) is 0 Å². The normalized spacial score (nSPS) is 14.3. The lowest BCUT2D eigenvalue weighted by Crippen LogP contribution is -2.20. The van der Waals surface area contributed by atoms with E-state index in [0.717, 1.165) is 17.2 Å². The highest BCUT2D eigenvalue weighted by Crippen LogP contribution is 2.02. The first kappa shape index (κ1) is 11.9. The molecule has 1 aromatic carbocycles. The Hall–Kier alpha value is -1.13. The Morgan fingerprint density at radius 3 is 2.47 bits per heavy atom. The monoisotopic (exact) mass is 225 g/mol. The molecule has 1 unspecified atom stereocenters. The van der Waals surface area contributed by atoms with Gasteiger partial charge in [-0.05, 0) is 12.0 Å². The van der Waals surface area contributed by atoms with Crippen LogP contribution in [0.5, 0.6) is 0 Å². The summed E-state index contributed by atoms with van der Waals surface area (Å²) in [5, 5.41) is 1.15. The quantitative estimate of drug-likeness (QED) is 0.835. The van der Waals surface area contributed by atoms with Crippen molar-refractivity contribution in [2.24, 2.45) is 5.73 Å². The van der Waals surface area contributed by atoms with Gasteiger partial charge in [-0.25, -0.2) is 8.42 Å². The topological polar surface area (TPSA) is 60.2 Å². The summed E-state index contributed by atoms with van der Waals surface area (Å²) < 4.78 is 21.7. The van der Waals surface area contributed by atoms with Crippen molar-refractivity contribution in [2.45, 2.75) is 12.5 Å². The van der Waals surface area contributed by atoms with Crippen LogP contribution in [0.4, 0.5) is 0 Å². The van der Waals surface area contributed by atoms with Gasteiger partial charge in [0.25, 0.3) is 0 Å². The van der Waals surface area contributed by atoms with Crippen LogP contribution in [0, 0.1) is 0 Å². The van der Waals surface area contributed by atoms with Gasteiger partial charge in [-0.1, -0.05) is 36.4 Å². The summed E-state index contributed by atoms with van der Waals surface area (Å²) >= 11 is 0. The minimum absolute atomic E-state index is 0.262. The molecule has 3 nitrogen and oxygen atoms in total. The maximum absolute atomic E-state index is 10.8. The number of hydrogen-bond acceptors (Lipinski definition) is 3. The molecule has 1 atom stereocenters. The van der Waals surface area contributed by atoms with E-state index >= 15 is 0 Å². The Labute approximate surface area is 90.5 Å². The zero-order valence-corrected chi connectivity index (χ0v) is 9.44. The number of sulfone groups is 1. The second kappa shape index (κ2) is 5.09. The second-order valence-electron chi connectivity index (χ2n) is 3.51. The van der Waals surface area contributed by atoms with E-state index in [9.17, 15) is 8.42 Å². The van der Waals surface area contributed by atoms with E-state index in [0.29, 0.717) is 6.42 Å². The lowest BCUT2D eigenvalue weighted by molar-refractivity contribution is 0.609. The molecule has 0 fully saturated rings. The standard InChI is InChI=1S/C11H15NO2S/c1-15(13,14)8-7-11(12)9-10-5-3-2-4-6-10/h2-8,11H,9,12H2,1H3/b8-7+. The van der Waals surface area contributed by atoms with Crippen molar-refractivity contribution in [2.75, 3.05) is 6.26 Å². The molecule has 0 saturated heterocycles. The molecule has 0 aliphatic rings. The molecule has 1 rings (SSSR count). The van der Waals surface area contributed by atoms with E-state index in [1.165, 1.54) is 6.08 Å². The molecule has 0 radical (unpaired) electrons. The van der Waals surface area contributed by atoms with Gasteiger partial charge >= 0.3 is 0 Å². The maximum Gasteiger partial charge on any atom is 0.168 e. The molecule has 0 spiro atoms. The zero-order valence-electron chi connectivity index (χ0n) is 8.63. The molecule has 0 heterocycles. The first-order valence-electron chi connectivity index (χ1n) is 4.65. The van der Waals surface area contributed by atoms with Crippen molar-refractivity contribution in [3.05, 3.63) is 47.4 Å². The molecular formula is C11H15NO2S. The number of nitrogens with two attached hydrogens (primary N) is 1. The molecule has 1 aromatic rings. The van der Waals surface area contributed by atoms with E-state index in [2.05, 4.69) is 0 Å².